The first-order valence-corrected chi connectivity index (χ1v) is 8.51. The van der Waals surface area contributed by atoms with Crippen LogP contribution in [0.1, 0.15) is 12.8 Å². The Hall–Kier alpha value is -2.09. The second-order valence-corrected chi connectivity index (χ2v) is 6.91. The highest BCUT2D eigenvalue weighted by molar-refractivity contribution is 6.00. The molecule has 1 unspecified atom stereocenters. The Bertz CT molecular complexity index is 654. The lowest BCUT2D eigenvalue weighted by Crippen LogP contribution is -2.48. The van der Waals surface area contributed by atoms with Crippen molar-refractivity contribution in [1.82, 2.24) is 19.6 Å². The van der Waals surface area contributed by atoms with E-state index in [-0.39, 0.29) is 11.9 Å². The maximum absolute atomic E-state index is 13.0. The molecule has 130 valence electrons. The van der Waals surface area contributed by atoms with Crippen LogP contribution in [0, 0.1) is 5.41 Å². The fourth-order valence-electron chi connectivity index (χ4n) is 3.98. The van der Waals surface area contributed by atoms with E-state index in [9.17, 15) is 9.59 Å². The van der Waals surface area contributed by atoms with Crippen LogP contribution in [0.2, 0.25) is 0 Å². The second-order valence-electron chi connectivity index (χ2n) is 6.91. The average molecular weight is 333 g/mol. The summed E-state index contributed by atoms with van der Waals surface area (Å²) in [4.78, 5) is 31.2. The van der Waals surface area contributed by atoms with Gasteiger partial charge in [-0.1, -0.05) is 0 Å². The standard InChI is InChI=1S/C16H23N5O3/c1-18-11-13(10-17-18)21-5-3-16(14(21)22)2-4-20(12-16)15(23)19-6-8-24-9-7-19/h10-11H,2-9,12H2,1H3. The van der Waals surface area contributed by atoms with Crippen LogP contribution >= 0.6 is 0 Å². The van der Waals surface area contributed by atoms with Gasteiger partial charge in [0.25, 0.3) is 0 Å². The number of hydrogen-bond acceptors (Lipinski definition) is 4. The highest BCUT2D eigenvalue weighted by Gasteiger charge is 2.52. The van der Waals surface area contributed by atoms with Crippen molar-refractivity contribution in [1.29, 1.82) is 0 Å². The molecule has 0 N–H and O–H groups in total. The van der Waals surface area contributed by atoms with Crippen molar-refractivity contribution in [3.63, 3.8) is 0 Å². The Balaban J connectivity index is 1.45. The number of urea groups is 1. The molecule has 1 aromatic heterocycles. The van der Waals surface area contributed by atoms with Crippen LogP contribution in [-0.2, 0) is 16.6 Å². The third-order valence-electron chi connectivity index (χ3n) is 5.42. The Labute approximate surface area is 140 Å². The van der Waals surface area contributed by atoms with Crippen LogP contribution in [0.5, 0.6) is 0 Å². The van der Waals surface area contributed by atoms with Gasteiger partial charge in [-0.05, 0) is 12.8 Å². The predicted molar refractivity (Wildman–Crippen MR) is 86.6 cm³/mol. The van der Waals surface area contributed by atoms with E-state index in [0.717, 1.165) is 18.5 Å². The molecule has 3 fully saturated rings. The molecule has 0 saturated carbocycles. The summed E-state index contributed by atoms with van der Waals surface area (Å²) >= 11 is 0. The molecule has 3 amide bonds. The van der Waals surface area contributed by atoms with E-state index in [1.54, 1.807) is 10.9 Å². The van der Waals surface area contributed by atoms with Crippen molar-refractivity contribution in [2.45, 2.75) is 12.8 Å². The van der Waals surface area contributed by atoms with E-state index in [0.29, 0.717) is 45.9 Å². The van der Waals surface area contributed by atoms with Crippen LogP contribution in [-0.4, -0.2) is 77.5 Å². The lowest BCUT2D eigenvalue weighted by molar-refractivity contribution is -0.124. The lowest BCUT2D eigenvalue weighted by Gasteiger charge is -2.31. The summed E-state index contributed by atoms with van der Waals surface area (Å²) in [6.07, 6.45) is 5.14. The SMILES string of the molecule is Cn1cc(N2CCC3(CCN(C(=O)N4CCOCC4)C3)C2=O)cn1. The van der Waals surface area contributed by atoms with Gasteiger partial charge in [-0.25, -0.2) is 4.79 Å². The van der Waals surface area contributed by atoms with Gasteiger partial charge in [0, 0.05) is 46.0 Å². The summed E-state index contributed by atoms with van der Waals surface area (Å²) in [7, 11) is 1.85. The van der Waals surface area contributed by atoms with Gasteiger partial charge in [0.1, 0.15) is 0 Å². The minimum Gasteiger partial charge on any atom is -0.378 e. The van der Waals surface area contributed by atoms with E-state index in [1.165, 1.54) is 0 Å². The van der Waals surface area contributed by atoms with Crippen molar-refractivity contribution in [2.24, 2.45) is 12.5 Å². The molecule has 4 rings (SSSR count). The lowest BCUT2D eigenvalue weighted by atomic mass is 9.85. The normalized spacial score (nSPS) is 27.5. The number of carbonyl (C=O) groups is 2. The third-order valence-corrected chi connectivity index (χ3v) is 5.42. The number of likely N-dealkylation sites (tertiary alicyclic amines) is 1. The summed E-state index contributed by atoms with van der Waals surface area (Å²) < 4.78 is 7.01. The number of amides is 3. The summed E-state index contributed by atoms with van der Waals surface area (Å²) in [5, 5.41) is 4.15. The van der Waals surface area contributed by atoms with E-state index in [4.69, 9.17) is 4.74 Å². The largest absolute Gasteiger partial charge is 0.378 e. The van der Waals surface area contributed by atoms with Gasteiger partial charge < -0.3 is 19.4 Å². The van der Waals surface area contributed by atoms with Gasteiger partial charge in [0.05, 0.1) is 30.5 Å². The van der Waals surface area contributed by atoms with Crippen molar-refractivity contribution in [2.75, 3.05) is 50.8 Å². The number of ether oxygens (including phenoxy) is 1. The first-order valence-electron chi connectivity index (χ1n) is 8.51. The van der Waals surface area contributed by atoms with Crippen LogP contribution in [0.25, 0.3) is 0 Å². The summed E-state index contributed by atoms with van der Waals surface area (Å²) in [5.41, 5.74) is 0.426. The number of anilines is 1. The van der Waals surface area contributed by atoms with Crippen LogP contribution in [0.4, 0.5) is 10.5 Å². The van der Waals surface area contributed by atoms with Gasteiger partial charge in [0.2, 0.25) is 5.91 Å². The van der Waals surface area contributed by atoms with Crippen molar-refractivity contribution in [3.8, 4) is 0 Å². The minimum atomic E-state index is -0.419. The number of hydrogen-bond donors (Lipinski definition) is 0. The molecular formula is C16H23N5O3. The summed E-state index contributed by atoms with van der Waals surface area (Å²) in [6, 6.07) is 0.0443. The van der Waals surface area contributed by atoms with E-state index >= 15 is 0 Å². The molecule has 3 saturated heterocycles. The number of nitrogens with zero attached hydrogens (tertiary/aromatic N) is 5. The molecule has 1 aromatic rings. The first-order chi connectivity index (χ1) is 11.6. The smallest absolute Gasteiger partial charge is 0.320 e. The molecule has 4 heterocycles. The maximum atomic E-state index is 13.0. The predicted octanol–water partition coefficient (Wildman–Crippen LogP) is 0.301. The quantitative estimate of drug-likeness (QED) is 0.741. The molecule has 0 radical (unpaired) electrons. The number of aryl methyl sites for hydroxylation is 1. The molecule has 24 heavy (non-hydrogen) atoms. The molecule has 0 bridgehead atoms. The molecule has 0 aromatic carbocycles. The van der Waals surface area contributed by atoms with Gasteiger partial charge in [-0.2, -0.15) is 5.10 Å². The zero-order valence-electron chi connectivity index (χ0n) is 14.0. The topological polar surface area (TPSA) is 70.9 Å². The number of rotatable bonds is 1. The van der Waals surface area contributed by atoms with E-state index < -0.39 is 5.41 Å². The van der Waals surface area contributed by atoms with Crippen LogP contribution < -0.4 is 4.90 Å². The van der Waals surface area contributed by atoms with Gasteiger partial charge >= 0.3 is 6.03 Å². The van der Waals surface area contributed by atoms with E-state index in [2.05, 4.69) is 5.10 Å². The number of morpholine rings is 1. The van der Waals surface area contributed by atoms with Gasteiger partial charge in [-0.15, -0.1) is 0 Å². The number of carbonyl (C=O) groups excluding carboxylic acids is 2. The minimum absolute atomic E-state index is 0.0443. The molecule has 8 nitrogen and oxygen atoms in total. The van der Waals surface area contributed by atoms with Crippen molar-refractivity contribution in [3.05, 3.63) is 12.4 Å². The molecule has 1 atom stereocenters. The molecule has 1 spiro atoms. The monoisotopic (exact) mass is 333 g/mol. The Kier molecular flexibility index (Phi) is 3.71. The average Bonchev–Trinajstić information content (AvgIpc) is 3.30. The van der Waals surface area contributed by atoms with Crippen LogP contribution in [0.15, 0.2) is 12.4 Å². The molecular weight excluding hydrogens is 310 g/mol. The summed E-state index contributed by atoms with van der Waals surface area (Å²) in [6.45, 7) is 4.35. The van der Waals surface area contributed by atoms with Crippen LogP contribution in [0.3, 0.4) is 0 Å². The van der Waals surface area contributed by atoms with Gasteiger partial charge in [0.15, 0.2) is 0 Å². The molecule has 0 aliphatic carbocycles. The molecule has 3 aliphatic rings. The Morgan fingerprint density at radius 1 is 1.17 bits per heavy atom. The highest BCUT2D eigenvalue weighted by Crippen LogP contribution is 2.42. The zero-order chi connectivity index (χ0) is 16.7. The first kappa shape index (κ1) is 15.4. The third kappa shape index (κ3) is 2.45. The highest BCUT2D eigenvalue weighted by atomic mass is 16.5. The van der Waals surface area contributed by atoms with Gasteiger partial charge in [-0.3, -0.25) is 9.48 Å². The zero-order valence-corrected chi connectivity index (χ0v) is 14.0. The summed E-state index contributed by atoms with van der Waals surface area (Å²) in [5.74, 6) is 0.132. The fourth-order valence-corrected chi connectivity index (χ4v) is 3.98. The molecule has 3 aliphatic heterocycles. The Morgan fingerprint density at radius 2 is 1.92 bits per heavy atom. The fraction of sp³-hybridized carbons (Fsp3) is 0.688. The molecule has 8 heteroatoms. The van der Waals surface area contributed by atoms with E-state index in [1.807, 2.05) is 27.9 Å². The van der Waals surface area contributed by atoms with Crippen molar-refractivity contribution >= 4 is 17.6 Å². The second kappa shape index (κ2) is 5.77. The number of aromatic nitrogens is 2. The van der Waals surface area contributed by atoms with Crippen molar-refractivity contribution < 1.29 is 14.3 Å². The maximum Gasteiger partial charge on any atom is 0.320 e. The Morgan fingerprint density at radius 3 is 2.62 bits per heavy atom.